The van der Waals surface area contributed by atoms with Crippen molar-refractivity contribution in [2.75, 3.05) is 18.0 Å². The van der Waals surface area contributed by atoms with Crippen molar-refractivity contribution in [2.45, 2.75) is 32.1 Å². The maximum atomic E-state index is 9.23. The average molecular weight is 264 g/mol. The van der Waals surface area contributed by atoms with Crippen molar-refractivity contribution in [3.05, 3.63) is 47.6 Å². The van der Waals surface area contributed by atoms with Crippen molar-refractivity contribution in [1.82, 2.24) is 0 Å². The second-order valence-electron chi connectivity index (χ2n) is 5.54. The van der Waals surface area contributed by atoms with Gasteiger partial charge in [-0.25, -0.2) is 0 Å². The van der Waals surface area contributed by atoms with Gasteiger partial charge in [0.2, 0.25) is 0 Å². The Morgan fingerprint density at radius 1 is 1.00 bits per heavy atom. The van der Waals surface area contributed by atoms with Gasteiger partial charge in [-0.3, -0.25) is 0 Å². The molecule has 3 rings (SSSR count). The molecule has 20 heavy (non-hydrogen) atoms. The first-order valence-corrected chi connectivity index (χ1v) is 7.53. The van der Waals surface area contributed by atoms with E-state index in [2.05, 4.69) is 47.4 Å². The van der Waals surface area contributed by atoms with E-state index in [1.54, 1.807) is 0 Å². The molecule has 1 aliphatic heterocycles. The summed E-state index contributed by atoms with van der Waals surface area (Å²) in [5.41, 5.74) is 4.49. The molecule has 1 aliphatic carbocycles. The molecule has 1 heterocycles. The largest absolute Gasteiger partial charge is 0.372 e. The summed E-state index contributed by atoms with van der Waals surface area (Å²) >= 11 is 0. The fourth-order valence-corrected chi connectivity index (χ4v) is 3.05. The zero-order valence-electron chi connectivity index (χ0n) is 11.8. The van der Waals surface area contributed by atoms with Crippen LogP contribution in [0, 0.1) is 11.3 Å². The fraction of sp³-hybridized carbons (Fsp3) is 0.389. The molecule has 1 aromatic rings. The number of benzene rings is 1. The Morgan fingerprint density at radius 2 is 1.75 bits per heavy atom. The van der Waals surface area contributed by atoms with Crippen LogP contribution < -0.4 is 4.90 Å². The Hall–Kier alpha value is -2.01. The molecule has 0 radical (unpaired) electrons. The Bertz CT molecular complexity index is 566. The summed E-state index contributed by atoms with van der Waals surface area (Å²) in [5, 5.41) is 9.23. The Labute approximate surface area is 121 Å². The quantitative estimate of drug-likeness (QED) is 0.796. The summed E-state index contributed by atoms with van der Waals surface area (Å²) < 4.78 is 0. The van der Waals surface area contributed by atoms with Gasteiger partial charge in [-0.15, -0.1) is 0 Å². The van der Waals surface area contributed by atoms with Gasteiger partial charge in [-0.05, 0) is 55.4 Å². The van der Waals surface area contributed by atoms with Crippen LogP contribution in [0.2, 0.25) is 0 Å². The molecule has 1 aromatic carbocycles. The van der Waals surface area contributed by atoms with Gasteiger partial charge in [0.1, 0.15) is 0 Å². The van der Waals surface area contributed by atoms with Crippen LogP contribution in [0.25, 0.3) is 5.57 Å². The molecule has 0 saturated carbocycles. The monoisotopic (exact) mass is 264 g/mol. The zero-order chi connectivity index (χ0) is 13.8. The van der Waals surface area contributed by atoms with Gasteiger partial charge in [0.05, 0.1) is 6.07 Å². The van der Waals surface area contributed by atoms with Crippen LogP contribution in [-0.4, -0.2) is 13.1 Å². The lowest BCUT2D eigenvalue weighted by Crippen LogP contribution is -2.29. The van der Waals surface area contributed by atoms with Crippen LogP contribution in [0.4, 0.5) is 5.69 Å². The number of hydrogen-bond donors (Lipinski definition) is 0. The van der Waals surface area contributed by atoms with Gasteiger partial charge >= 0.3 is 0 Å². The molecule has 0 spiro atoms. The summed E-state index contributed by atoms with van der Waals surface area (Å²) in [4.78, 5) is 2.46. The highest BCUT2D eigenvalue weighted by Crippen LogP contribution is 2.29. The molecule has 2 nitrogen and oxygen atoms in total. The first kappa shape index (κ1) is 13.0. The fourth-order valence-electron chi connectivity index (χ4n) is 3.05. The number of rotatable bonds is 2. The summed E-state index contributed by atoms with van der Waals surface area (Å²) in [7, 11) is 0. The zero-order valence-corrected chi connectivity index (χ0v) is 11.8. The lowest BCUT2D eigenvalue weighted by Gasteiger charge is -2.29. The highest BCUT2D eigenvalue weighted by molar-refractivity contribution is 5.80. The highest BCUT2D eigenvalue weighted by Gasteiger charge is 2.13. The normalized spacial score (nSPS) is 19.1. The SMILES string of the molecule is N#CC1=C(c2ccc(N3CCCCC3)cc2)C=CCC1. The van der Waals surface area contributed by atoms with Crippen LogP contribution in [0.1, 0.15) is 37.7 Å². The van der Waals surface area contributed by atoms with Crippen LogP contribution in [-0.2, 0) is 0 Å². The van der Waals surface area contributed by atoms with Crippen molar-refractivity contribution < 1.29 is 0 Å². The van der Waals surface area contributed by atoms with E-state index in [0.717, 1.165) is 24.0 Å². The number of nitriles is 1. The van der Waals surface area contributed by atoms with Crippen molar-refractivity contribution in [1.29, 1.82) is 5.26 Å². The minimum atomic E-state index is 0.871. The topological polar surface area (TPSA) is 27.0 Å². The van der Waals surface area contributed by atoms with Crippen molar-refractivity contribution in [3.8, 4) is 6.07 Å². The van der Waals surface area contributed by atoms with Gasteiger partial charge < -0.3 is 4.90 Å². The van der Waals surface area contributed by atoms with Gasteiger partial charge in [0, 0.05) is 24.4 Å². The van der Waals surface area contributed by atoms with E-state index in [4.69, 9.17) is 0 Å². The molecular weight excluding hydrogens is 244 g/mol. The highest BCUT2D eigenvalue weighted by atomic mass is 15.1. The summed E-state index contributed by atoms with van der Waals surface area (Å²) in [6, 6.07) is 11.1. The number of hydrogen-bond acceptors (Lipinski definition) is 2. The smallest absolute Gasteiger partial charge is 0.0953 e. The third-order valence-electron chi connectivity index (χ3n) is 4.21. The van der Waals surface area contributed by atoms with E-state index in [-0.39, 0.29) is 0 Å². The standard InChI is InChI=1S/C18H20N2/c19-14-16-6-2-3-7-18(16)15-8-10-17(11-9-15)20-12-4-1-5-13-20/h3,7-11H,1-2,4-6,12-13H2. The average Bonchev–Trinajstić information content (AvgIpc) is 2.56. The Morgan fingerprint density at radius 3 is 2.45 bits per heavy atom. The van der Waals surface area contributed by atoms with E-state index >= 15 is 0 Å². The predicted octanol–water partition coefficient (Wildman–Crippen LogP) is 4.30. The maximum absolute atomic E-state index is 9.23. The molecule has 1 fully saturated rings. The van der Waals surface area contributed by atoms with E-state index in [9.17, 15) is 5.26 Å². The Kier molecular flexibility index (Phi) is 3.87. The van der Waals surface area contributed by atoms with Gasteiger partial charge in [0.25, 0.3) is 0 Å². The van der Waals surface area contributed by atoms with E-state index in [0.29, 0.717) is 0 Å². The van der Waals surface area contributed by atoms with Gasteiger partial charge in [-0.1, -0.05) is 24.3 Å². The predicted molar refractivity (Wildman–Crippen MR) is 83.4 cm³/mol. The number of anilines is 1. The Balaban J connectivity index is 1.84. The van der Waals surface area contributed by atoms with E-state index < -0.39 is 0 Å². The third kappa shape index (κ3) is 2.63. The molecule has 0 amide bonds. The molecule has 1 saturated heterocycles. The van der Waals surface area contributed by atoms with Crippen molar-refractivity contribution in [3.63, 3.8) is 0 Å². The van der Waals surface area contributed by atoms with Crippen molar-refractivity contribution >= 4 is 11.3 Å². The van der Waals surface area contributed by atoms with E-state index in [1.165, 1.54) is 43.6 Å². The van der Waals surface area contributed by atoms with E-state index in [1.807, 2.05) is 0 Å². The maximum Gasteiger partial charge on any atom is 0.0953 e. The second kappa shape index (κ2) is 5.96. The molecule has 0 N–H and O–H groups in total. The van der Waals surface area contributed by atoms with Gasteiger partial charge in [0.15, 0.2) is 0 Å². The lowest BCUT2D eigenvalue weighted by atomic mass is 9.93. The molecule has 0 bridgehead atoms. The first-order valence-electron chi connectivity index (χ1n) is 7.53. The minimum Gasteiger partial charge on any atom is -0.372 e. The molecule has 0 atom stereocenters. The molecule has 0 aromatic heterocycles. The van der Waals surface area contributed by atoms with Crippen LogP contribution in [0.3, 0.4) is 0 Å². The molecule has 2 aliphatic rings. The molecule has 2 heteroatoms. The first-order chi connectivity index (χ1) is 9.88. The minimum absolute atomic E-state index is 0.871. The number of nitrogens with zero attached hydrogens (tertiary/aromatic N) is 2. The third-order valence-corrected chi connectivity index (χ3v) is 4.21. The number of piperidine rings is 1. The van der Waals surface area contributed by atoms with Crippen LogP contribution in [0.15, 0.2) is 42.0 Å². The van der Waals surface area contributed by atoms with Crippen LogP contribution in [0.5, 0.6) is 0 Å². The summed E-state index contributed by atoms with van der Waals surface area (Å²) in [6.07, 6.45) is 10.1. The molecular formula is C18H20N2. The number of allylic oxidation sites excluding steroid dienone is 4. The van der Waals surface area contributed by atoms with Gasteiger partial charge in [-0.2, -0.15) is 5.26 Å². The summed E-state index contributed by atoms with van der Waals surface area (Å²) in [6.45, 7) is 2.34. The lowest BCUT2D eigenvalue weighted by molar-refractivity contribution is 0.578. The molecule has 102 valence electrons. The van der Waals surface area contributed by atoms with Crippen LogP contribution >= 0.6 is 0 Å². The second-order valence-corrected chi connectivity index (χ2v) is 5.54. The molecule has 0 unspecified atom stereocenters. The van der Waals surface area contributed by atoms with Crippen molar-refractivity contribution in [2.24, 2.45) is 0 Å². The summed E-state index contributed by atoms with van der Waals surface area (Å²) in [5.74, 6) is 0.